The fraction of sp³-hybridized carbons (Fsp3) is 0.0732. The van der Waals surface area contributed by atoms with Crippen LogP contribution in [0.4, 0.5) is 0 Å². The van der Waals surface area contributed by atoms with E-state index < -0.39 is 0 Å². The minimum Gasteiger partial charge on any atom is -0.438 e. The summed E-state index contributed by atoms with van der Waals surface area (Å²) in [5.74, 6) is 0. The number of aromatic nitrogens is 6. The highest BCUT2D eigenvalue weighted by atomic mass is 35.5. The minimum atomic E-state index is -0.375. The van der Waals surface area contributed by atoms with E-state index in [2.05, 4.69) is 251 Å². The van der Waals surface area contributed by atoms with Crippen molar-refractivity contribution < 1.29 is 18.1 Å². The maximum absolute atomic E-state index is 6.40. The summed E-state index contributed by atoms with van der Waals surface area (Å²) in [5.41, 5.74) is 11.5. The summed E-state index contributed by atoms with van der Waals surface area (Å²) in [5, 5.41) is 19.6. The summed E-state index contributed by atoms with van der Waals surface area (Å²) >= 11 is 21.8. The zero-order valence-electron chi connectivity index (χ0n) is 52.9. The molecule has 12 aromatic carbocycles. The molecule has 20 aromatic rings. The van der Waals surface area contributed by atoms with Crippen LogP contribution in [-0.2, 0) is 9.31 Å². The monoisotopic (exact) mass is 1360 g/mol. The van der Waals surface area contributed by atoms with Gasteiger partial charge in [-0.2, -0.15) is 9.97 Å². The van der Waals surface area contributed by atoms with Gasteiger partial charge in [-0.15, -0.1) is 22.7 Å². The van der Waals surface area contributed by atoms with Gasteiger partial charge in [-0.1, -0.05) is 194 Å². The van der Waals surface area contributed by atoms with Crippen LogP contribution in [0.3, 0.4) is 0 Å². The van der Waals surface area contributed by atoms with Gasteiger partial charge < -0.3 is 27.3 Å². The maximum Gasteiger partial charge on any atom is 0.494 e. The number of para-hydroxylation sites is 4. The summed E-state index contributed by atoms with van der Waals surface area (Å²) < 4.78 is 34.3. The van der Waals surface area contributed by atoms with Gasteiger partial charge in [-0.05, 0) is 139 Å². The van der Waals surface area contributed by atoms with Gasteiger partial charge >= 0.3 is 7.12 Å². The SMILES string of the molecule is CC1(C)OB(c2ccc(-n3c4ccccc4c4c5ccccc5c5c6ccccc6sc5c43)cc2)OC1(C)C.Clc1nc(-c2ccc(-n3c4ccccc4c4c5ccccc5c5c6ccccc6sc5c43)cc2)c2c(n1)oc1ccccc12.Clc1nc(Cl)c2c(n1)oc1ccccc12. The molecule has 0 atom stereocenters. The number of hydrogen-bond donors (Lipinski definition) is 0. The van der Waals surface area contributed by atoms with Gasteiger partial charge in [0.25, 0.3) is 0 Å². The molecule has 470 valence electrons. The molecule has 8 aromatic heterocycles. The van der Waals surface area contributed by atoms with Crippen molar-refractivity contribution in [3.05, 3.63) is 258 Å². The largest absolute Gasteiger partial charge is 0.494 e. The molecule has 9 heterocycles. The molecule has 10 nitrogen and oxygen atoms in total. The van der Waals surface area contributed by atoms with Crippen molar-refractivity contribution in [3.63, 3.8) is 0 Å². The smallest absolute Gasteiger partial charge is 0.438 e. The Kier molecular flexibility index (Phi) is 13.5. The van der Waals surface area contributed by atoms with Gasteiger partial charge in [-0.3, -0.25) is 0 Å². The average Bonchev–Trinajstić information content (AvgIpc) is 1.54. The molecule has 0 saturated carbocycles. The van der Waals surface area contributed by atoms with E-state index in [1.165, 1.54) is 106 Å². The van der Waals surface area contributed by atoms with E-state index in [9.17, 15) is 0 Å². The lowest BCUT2D eigenvalue weighted by molar-refractivity contribution is 0.00578. The number of nitrogens with zero attached hydrogens (tertiary/aromatic N) is 6. The first-order valence-electron chi connectivity index (χ1n) is 32.3. The number of furan rings is 2. The van der Waals surface area contributed by atoms with Crippen molar-refractivity contribution in [3.8, 4) is 22.6 Å². The van der Waals surface area contributed by atoms with Crippen LogP contribution in [0.1, 0.15) is 27.7 Å². The van der Waals surface area contributed by atoms with E-state index in [1.54, 1.807) is 0 Å². The molecule has 0 amide bonds. The molecule has 98 heavy (non-hydrogen) atoms. The Morgan fingerprint density at radius 2 is 0.735 bits per heavy atom. The molecule has 0 spiro atoms. The van der Waals surface area contributed by atoms with Gasteiger partial charge in [0.15, 0.2) is 0 Å². The molecule has 1 saturated heterocycles. The van der Waals surface area contributed by atoms with E-state index in [-0.39, 0.29) is 28.9 Å². The van der Waals surface area contributed by atoms with E-state index in [0.29, 0.717) is 22.0 Å². The second-order valence-electron chi connectivity index (χ2n) is 25.8. The third kappa shape index (κ3) is 9.07. The van der Waals surface area contributed by atoms with Gasteiger partial charge in [0.05, 0.1) is 59.1 Å². The van der Waals surface area contributed by atoms with Crippen molar-refractivity contribution in [1.29, 1.82) is 0 Å². The Bertz CT molecular complexity index is 6700. The molecule has 0 N–H and O–H groups in total. The molecular weight excluding hydrogens is 1310 g/mol. The molecule has 0 radical (unpaired) electrons. The van der Waals surface area contributed by atoms with E-state index >= 15 is 0 Å². The van der Waals surface area contributed by atoms with Crippen molar-refractivity contribution in [1.82, 2.24) is 29.1 Å². The lowest BCUT2D eigenvalue weighted by atomic mass is 9.79. The topological polar surface area (TPSA) is 106 Å². The Labute approximate surface area is 582 Å². The summed E-state index contributed by atoms with van der Waals surface area (Å²) in [4.78, 5) is 16.9. The van der Waals surface area contributed by atoms with E-state index in [1.807, 2.05) is 71.2 Å². The third-order valence-electron chi connectivity index (χ3n) is 19.8. The molecule has 0 aliphatic carbocycles. The zero-order chi connectivity index (χ0) is 65.9. The van der Waals surface area contributed by atoms with Crippen molar-refractivity contribution in [2.45, 2.75) is 38.9 Å². The van der Waals surface area contributed by atoms with Crippen molar-refractivity contribution in [2.75, 3.05) is 0 Å². The summed E-state index contributed by atoms with van der Waals surface area (Å²) in [6.07, 6.45) is 0. The fourth-order valence-electron chi connectivity index (χ4n) is 14.7. The minimum absolute atomic E-state index is 0.0894. The summed E-state index contributed by atoms with van der Waals surface area (Å²) in [7, 11) is -0.375. The summed E-state index contributed by atoms with van der Waals surface area (Å²) in [6, 6.07) is 85.6. The lowest BCUT2D eigenvalue weighted by Gasteiger charge is -2.32. The second-order valence-corrected chi connectivity index (χ2v) is 28.9. The van der Waals surface area contributed by atoms with Crippen LogP contribution in [0.15, 0.2) is 251 Å². The first-order chi connectivity index (χ1) is 47.8. The highest BCUT2D eigenvalue weighted by molar-refractivity contribution is 7.27. The van der Waals surface area contributed by atoms with E-state index in [0.717, 1.165) is 55.4 Å². The van der Waals surface area contributed by atoms with Gasteiger partial charge in [0.1, 0.15) is 16.3 Å². The highest BCUT2D eigenvalue weighted by Gasteiger charge is 2.51. The van der Waals surface area contributed by atoms with Gasteiger partial charge in [0.2, 0.25) is 22.0 Å². The predicted molar refractivity (Wildman–Crippen MR) is 411 cm³/mol. The molecule has 16 heteroatoms. The molecule has 1 aliphatic rings. The van der Waals surface area contributed by atoms with Crippen molar-refractivity contribution >= 4 is 220 Å². The van der Waals surface area contributed by atoms with Crippen LogP contribution < -0.4 is 5.46 Å². The van der Waals surface area contributed by atoms with Crippen LogP contribution in [0, 0.1) is 0 Å². The maximum atomic E-state index is 6.40. The normalized spacial score (nSPS) is 13.9. The summed E-state index contributed by atoms with van der Waals surface area (Å²) in [6.45, 7) is 8.39. The molecule has 21 rings (SSSR count). The van der Waals surface area contributed by atoms with Crippen LogP contribution in [0.2, 0.25) is 15.7 Å². The molecule has 0 bridgehead atoms. The van der Waals surface area contributed by atoms with Gasteiger partial charge in [0, 0.05) is 80.2 Å². The Morgan fingerprint density at radius 3 is 1.22 bits per heavy atom. The molecule has 1 aliphatic heterocycles. The molecular formula is C82H52BCl3N6O4S2. The first kappa shape index (κ1) is 59.1. The number of halogens is 3. The van der Waals surface area contributed by atoms with Crippen LogP contribution in [0.25, 0.3) is 172 Å². The highest BCUT2D eigenvalue weighted by Crippen LogP contribution is 2.51. The lowest BCUT2D eigenvalue weighted by Crippen LogP contribution is -2.41. The molecule has 1 fully saturated rings. The van der Waals surface area contributed by atoms with Crippen LogP contribution >= 0.6 is 57.5 Å². The number of benzene rings is 12. The van der Waals surface area contributed by atoms with Crippen LogP contribution in [-0.4, -0.2) is 47.4 Å². The standard InChI is InChI=1S/C38H20ClN3OS.C34H28BNO2S.C10H4Cl2N2O/c39-38-40-34(33-26-12-4-7-15-29(26)43-37(33)41-38)21-17-19-22(20-18-21)42-28-14-6-3-11-25(28)31-23-9-1-2-10-24(23)32-27-13-5-8-16-30(27)44-36(32)35(31)42;1-33(2)34(3,4)38-35(37-33)21-17-19-22(20-18-21)36-27-15-9-7-13-25(27)29-23-11-5-6-12-24(23)30-26-14-8-10-16-28(26)39-32(30)31(29)36;11-8-7-5-3-1-2-4-6(5)15-9(7)14-10(12)13-8/h1-20H;5-20H,1-4H3;1-4H. The van der Waals surface area contributed by atoms with Gasteiger partial charge in [-0.25, -0.2) is 9.97 Å². The quantitative estimate of drug-likeness (QED) is 0.0975. The Balaban J connectivity index is 0.000000114. The zero-order valence-corrected chi connectivity index (χ0v) is 56.8. The second kappa shape index (κ2) is 22.4. The number of fused-ring (bicyclic) bond motifs is 26. The van der Waals surface area contributed by atoms with Crippen LogP contribution in [0.5, 0.6) is 0 Å². The fourth-order valence-corrected chi connectivity index (χ4v) is 17.8. The number of rotatable bonds is 4. The van der Waals surface area contributed by atoms with E-state index in [4.69, 9.17) is 52.9 Å². The number of hydrogen-bond acceptors (Lipinski definition) is 10. The predicted octanol–water partition coefficient (Wildman–Crippen LogP) is 23.6. The average molecular weight is 1370 g/mol. The molecule has 0 unspecified atom stereocenters. The number of thiophene rings is 2. The van der Waals surface area contributed by atoms with Crippen molar-refractivity contribution in [2.24, 2.45) is 0 Å². The first-order valence-corrected chi connectivity index (χ1v) is 35.0. The third-order valence-corrected chi connectivity index (χ3v) is 22.7. The Hall–Kier alpha value is -10.2. The Morgan fingerprint density at radius 1 is 0.357 bits per heavy atom.